The summed E-state index contributed by atoms with van der Waals surface area (Å²) >= 11 is 0. The number of oxime groups is 1. The Morgan fingerprint density at radius 1 is 1.10 bits per heavy atom. The van der Waals surface area contributed by atoms with E-state index in [1.807, 2.05) is 0 Å². The van der Waals surface area contributed by atoms with E-state index in [-0.39, 0.29) is 17.8 Å². The molecule has 5 nitrogen and oxygen atoms in total. The van der Waals surface area contributed by atoms with Crippen LogP contribution in [0, 0.1) is 0 Å². The van der Waals surface area contributed by atoms with Crippen molar-refractivity contribution < 1.29 is 41.1 Å². The molecule has 0 radical (unpaired) electrons. The lowest BCUT2D eigenvalue weighted by Crippen LogP contribution is -2.45. The number of carbonyl (C=O) groups is 1. The SMILES string of the molecule is O=C(NCc1cccc(C2=NOC(O)(C(F)(F)F)C2)c1)c1ccccc1C(F)(F)F. The molecule has 1 amide bonds. The Morgan fingerprint density at radius 3 is 2.43 bits per heavy atom. The van der Waals surface area contributed by atoms with Gasteiger partial charge in [0.1, 0.15) is 0 Å². The number of benzene rings is 2. The third kappa shape index (κ3) is 4.40. The van der Waals surface area contributed by atoms with Gasteiger partial charge in [-0.3, -0.25) is 4.79 Å². The van der Waals surface area contributed by atoms with E-state index in [1.165, 1.54) is 30.3 Å². The first-order valence-corrected chi connectivity index (χ1v) is 8.48. The highest BCUT2D eigenvalue weighted by molar-refractivity contribution is 6.01. The van der Waals surface area contributed by atoms with Gasteiger partial charge in [0.2, 0.25) is 0 Å². The second-order valence-electron chi connectivity index (χ2n) is 6.51. The minimum atomic E-state index is -5.05. The molecule has 3 rings (SSSR count). The Kier molecular flexibility index (Phi) is 5.50. The number of carbonyl (C=O) groups excluding carboxylic acids is 1. The van der Waals surface area contributed by atoms with Gasteiger partial charge in [0.25, 0.3) is 5.91 Å². The number of hydrogen-bond donors (Lipinski definition) is 2. The van der Waals surface area contributed by atoms with Crippen molar-refractivity contribution in [3.05, 3.63) is 70.8 Å². The maximum Gasteiger partial charge on any atom is 0.458 e. The molecule has 160 valence electrons. The molecule has 1 unspecified atom stereocenters. The first-order chi connectivity index (χ1) is 13.9. The van der Waals surface area contributed by atoms with Crippen molar-refractivity contribution in [2.45, 2.75) is 31.1 Å². The number of rotatable bonds is 4. The van der Waals surface area contributed by atoms with Crippen LogP contribution >= 0.6 is 0 Å². The fourth-order valence-corrected chi connectivity index (χ4v) is 2.80. The maximum atomic E-state index is 13.0. The van der Waals surface area contributed by atoms with Gasteiger partial charge in [0, 0.05) is 6.54 Å². The summed E-state index contributed by atoms with van der Waals surface area (Å²) in [5, 5.41) is 15.1. The summed E-state index contributed by atoms with van der Waals surface area (Å²) in [5.74, 6) is -4.38. The van der Waals surface area contributed by atoms with Gasteiger partial charge in [0.15, 0.2) is 0 Å². The third-order valence-electron chi connectivity index (χ3n) is 4.35. The highest BCUT2D eigenvalue weighted by Crippen LogP contribution is 2.39. The Balaban J connectivity index is 1.71. The smallest absolute Gasteiger partial charge is 0.350 e. The van der Waals surface area contributed by atoms with E-state index in [4.69, 9.17) is 0 Å². The van der Waals surface area contributed by atoms with Crippen LogP contribution in [-0.2, 0) is 17.6 Å². The molecule has 0 spiro atoms. The van der Waals surface area contributed by atoms with Crippen molar-refractivity contribution in [3.63, 3.8) is 0 Å². The van der Waals surface area contributed by atoms with Crippen LogP contribution in [0.2, 0.25) is 0 Å². The van der Waals surface area contributed by atoms with Crippen LogP contribution in [0.3, 0.4) is 0 Å². The molecule has 1 aliphatic rings. The average molecular weight is 432 g/mol. The van der Waals surface area contributed by atoms with Crippen LogP contribution in [-0.4, -0.2) is 28.7 Å². The molecule has 1 heterocycles. The van der Waals surface area contributed by atoms with Gasteiger partial charge in [-0.05, 0) is 29.3 Å². The van der Waals surface area contributed by atoms with Crippen molar-refractivity contribution in [2.24, 2.45) is 5.16 Å². The summed E-state index contributed by atoms with van der Waals surface area (Å²) in [6.45, 7) is -0.184. The molecule has 2 aromatic carbocycles. The lowest BCUT2D eigenvalue weighted by Gasteiger charge is -2.22. The summed E-state index contributed by atoms with van der Waals surface area (Å²) in [6, 6.07) is 10.1. The summed E-state index contributed by atoms with van der Waals surface area (Å²) in [7, 11) is 0. The number of hydrogen-bond acceptors (Lipinski definition) is 4. The zero-order valence-corrected chi connectivity index (χ0v) is 15.0. The average Bonchev–Trinajstić information content (AvgIpc) is 3.09. The van der Waals surface area contributed by atoms with Crippen LogP contribution in [0.4, 0.5) is 26.3 Å². The van der Waals surface area contributed by atoms with Gasteiger partial charge in [-0.25, -0.2) is 0 Å². The van der Waals surface area contributed by atoms with Crippen LogP contribution in [0.1, 0.15) is 33.5 Å². The molecule has 2 N–H and O–H groups in total. The van der Waals surface area contributed by atoms with E-state index in [2.05, 4.69) is 15.3 Å². The summed E-state index contributed by atoms with van der Waals surface area (Å²) < 4.78 is 77.6. The molecule has 11 heteroatoms. The predicted octanol–water partition coefficient (Wildman–Crippen LogP) is 4.01. The molecule has 0 saturated carbocycles. The number of amides is 1. The van der Waals surface area contributed by atoms with Crippen molar-refractivity contribution in [3.8, 4) is 0 Å². The van der Waals surface area contributed by atoms with E-state index in [0.29, 0.717) is 5.56 Å². The van der Waals surface area contributed by atoms with Crippen molar-refractivity contribution in [2.75, 3.05) is 0 Å². The zero-order chi connectivity index (χ0) is 22.2. The number of aliphatic hydroxyl groups is 1. The standard InChI is InChI=1S/C19H14F6N2O3/c20-18(21,22)14-7-2-1-6-13(14)16(28)26-10-11-4-3-5-12(8-11)15-9-17(29,30-27-15)19(23,24)25/h1-8,29H,9-10H2,(H,26,28). The van der Waals surface area contributed by atoms with Gasteiger partial charge in [-0.2, -0.15) is 26.3 Å². The quantitative estimate of drug-likeness (QED) is 0.718. The van der Waals surface area contributed by atoms with Crippen molar-refractivity contribution in [1.82, 2.24) is 5.32 Å². The molecule has 1 atom stereocenters. The molecule has 0 aliphatic carbocycles. The summed E-state index contributed by atoms with van der Waals surface area (Å²) in [6.07, 6.45) is -10.7. The first kappa shape index (κ1) is 21.6. The highest BCUT2D eigenvalue weighted by atomic mass is 19.4. The lowest BCUT2D eigenvalue weighted by atomic mass is 10.0. The Bertz CT molecular complexity index is 987. The molecule has 2 aromatic rings. The topological polar surface area (TPSA) is 70.9 Å². The number of nitrogens with zero attached hydrogens (tertiary/aromatic N) is 1. The predicted molar refractivity (Wildman–Crippen MR) is 92.3 cm³/mol. The number of halogens is 6. The Labute approximate surface area is 165 Å². The molecule has 0 saturated heterocycles. The Morgan fingerprint density at radius 2 is 1.80 bits per heavy atom. The fourth-order valence-electron chi connectivity index (χ4n) is 2.80. The number of nitrogens with one attached hydrogen (secondary N) is 1. The van der Waals surface area contributed by atoms with Crippen LogP contribution in [0.25, 0.3) is 0 Å². The minimum absolute atomic E-state index is 0.162. The van der Waals surface area contributed by atoms with E-state index < -0.39 is 41.6 Å². The number of alkyl halides is 6. The molecular weight excluding hydrogens is 418 g/mol. The zero-order valence-electron chi connectivity index (χ0n) is 15.0. The largest absolute Gasteiger partial charge is 0.458 e. The van der Waals surface area contributed by atoms with Gasteiger partial charge in [0.05, 0.1) is 23.3 Å². The van der Waals surface area contributed by atoms with Crippen molar-refractivity contribution in [1.29, 1.82) is 0 Å². The lowest BCUT2D eigenvalue weighted by molar-refractivity contribution is -0.355. The van der Waals surface area contributed by atoms with Gasteiger partial charge >= 0.3 is 18.1 Å². The second kappa shape index (κ2) is 7.63. The molecule has 0 bridgehead atoms. The second-order valence-corrected chi connectivity index (χ2v) is 6.51. The third-order valence-corrected chi connectivity index (χ3v) is 4.35. The van der Waals surface area contributed by atoms with Gasteiger partial charge < -0.3 is 15.3 Å². The van der Waals surface area contributed by atoms with E-state index in [1.54, 1.807) is 0 Å². The van der Waals surface area contributed by atoms with Gasteiger partial charge in [-0.1, -0.05) is 35.5 Å². The maximum absolute atomic E-state index is 13.0. The minimum Gasteiger partial charge on any atom is -0.350 e. The highest BCUT2D eigenvalue weighted by Gasteiger charge is 2.60. The van der Waals surface area contributed by atoms with Gasteiger partial charge in [-0.15, -0.1) is 0 Å². The fraction of sp³-hybridized carbons (Fsp3) is 0.263. The first-order valence-electron chi connectivity index (χ1n) is 8.48. The summed E-state index contributed by atoms with van der Waals surface area (Å²) in [4.78, 5) is 16.4. The molecular formula is C19H14F6N2O3. The molecule has 0 fully saturated rings. The van der Waals surface area contributed by atoms with Crippen LogP contribution in [0.5, 0.6) is 0 Å². The molecule has 30 heavy (non-hydrogen) atoms. The Hall–Kier alpha value is -3.08. The summed E-state index contributed by atoms with van der Waals surface area (Å²) in [5.41, 5.74) is -1.19. The molecule has 1 aliphatic heterocycles. The molecule has 0 aromatic heterocycles. The van der Waals surface area contributed by atoms with E-state index in [0.717, 1.165) is 18.2 Å². The monoisotopic (exact) mass is 432 g/mol. The van der Waals surface area contributed by atoms with Crippen LogP contribution in [0.15, 0.2) is 53.7 Å². The van der Waals surface area contributed by atoms with E-state index >= 15 is 0 Å². The van der Waals surface area contributed by atoms with Crippen molar-refractivity contribution >= 4 is 11.6 Å². The normalized spacial score (nSPS) is 19.2. The van der Waals surface area contributed by atoms with Crippen LogP contribution < -0.4 is 5.32 Å². The van der Waals surface area contributed by atoms with E-state index in [9.17, 15) is 36.2 Å².